The number of carbonyl (C=O) groups excluding carboxylic acids is 2. The summed E-state index contributed by atoms with van der Waals surface area (Å²) < 4.78 is 5.19. The van der Waals surface area contributed by atoms with Crippen molar-refractivity contribution in [1.29, 1.82) is 0 Å². The molecule has 0 saturated heterocycles. The maximum Gasteiger partial charge on any atom is 0.261 e. The summed E-state index contributed by atoms with van der Waals surface area (Å²) in [5.74, 6) is 0.744. The molecule has 6 heteroatoms. The number of aryl methyl sites for hydroxylation is 1. The predicted molar refractivity (Wildman–Crippen MR) is 123 cm³/mol. The third kappa shape index (κ3) is 4.64. The minimum atomic E-state index is -0.114. The van der Waals surface area contributed by atoms with Gasteiger partial charge in [0.1, 0.15) is 5.75 Å². The van der Waals surface area contributed by atoms with Crippen LogP contribution >= 0.6 is 11.3 Å². The second kappa shape index (κ2) is 8.94. The molecule has 3 aromatic rings. The van der Waals surface area contributed by atoms with Crippen LogP contribution in [0, 0.1) is 6.92 Å². The SMILES string of the molecule is COc1ccc(C(C)NC(=O)c2cc3c(s2)CCN(C(=O)c2ccc(C)cc2)C3)cc1. The summed E-state index contributed by atoms with van der Waals surface area (Å²) in [6.07, 6.45) is 0.777. The standard InChI is InChI=1S/C25H26N2O3S/c1-16-4-6-19(7-5-16)25(29)27-13-12-22-20(15-27)14-23(31-22)24(28)26-17(2)18-8-10-21(30-3)11-9-18/h4-11,14,17H,12-13,15H2,1-3H3,(H,26,28). The molecular weight excluding hydrogens is 408 g/mol. The lowest BCUT2D eigenvalue weighted by Crippen LogP contribution is -2.35. The normalized spacial score (nSPS) is 14.0. The first kappa shape index (κ1) is 21.1. The van der Waals surface area contributed by atoms with Crippen LogP contribution < -0.4 is 10.1 Å². The van der Waals surface area contributed by atoms with Gasteiger partial charge in [0.2, 0.25) is 0 Å². The molecule has 0 saturated carbocycles. The van der Waals surface area contributed by atoms with E-state index in [1.165, 1.54) is 16.2 Å². The molecule has 5 nitrogen and oxygen atoms in total. The van der Waals surface area contributed by atoms with E-state index in [0.29, 0.717) is 23.5 Å². The monoisotopic (exact) mass is 434 g/mol. The summed E-state index contributed by atoms with van der Waals surface area (Å²) >= 11 is 1.53. The Kier molecular flexibility index (Phi) is 6.09. The van der Waals surface area contributed by atoms with Gasteiger partial charge in [0.25, 0.3) is 11.8 Å². The Balaban J connectivity index is 1.42. The van der Waals surface area contributed by atoms with Crippen molar-refractivity contribution in [3.8, 4) is 5.75 Å². The number of hydrogen-bond acceptors (Lipinski definition) is 4. The number of benzene rings is 2. The number of thiophene rings is 1. The third-order valence-corrected chi connectivity index (χ3v) is 6.88. The first-order valence-electron chi connectivity index (χ1n) is 10.4. The van der Waals surface area contributed by atoms with Crippen molar-refractivity contribution in [2.75, 3.05) is 13.7 Å². The van der Waals surface area contributed by atoms with E-state index in [1.54, 1.807) is 7.11 Å². The smallest absolute Gasteiger partial charge is 0.261 e. The van der Waals surface area contributed by atoms with Crippen LogP contribution in [0.3, 0.4) is 0 Å². The Bertz CT molecular complexity index is 1090. The molecule has 1 unspecified atom stereocenters. The number of rotatable bonds is 5. The fourth-order valence-corrected chi connectivity index (χ4v) is 4.81. The third-order valence-electron chi connectivity index (χ3n) is 5.64. The molecule has 0 spiro atoms. The molecule has 2 amide bonds. The van der Waals surface area contributed by atoms with Gasteiger partial charge < -0.3 is 15.0 Å². The van der Waals surface area contributed by atoms with Gasteiger partial charge in [0.15, 0.2) is 0 Å². The van der Waals surface area contributed by atoms with Crippen molar-refractivity contribution >= 4 is 23.2 Å². The summed E-state index contributed by atoms with van der Waals surface area (Å²) in [5.41, 5.74) is 3.93. The van der Waals surface area contributed by atoms with Crippen molar-refractivity contribution in [3.05, 3.63) is 86.6 Å². The topological polar surface area (TPSA) is 58.6 Å². The molecule has 2 heterocycles. The highest BCUT2D eigenvalue weighted by molar-refractivity contribution is 7.14. The van der Waals surface area contributed by atoms with Crippen LogP contribution in [-0.4, -0.2) is 30.4 Å². The highest BCUT2D eigenvalue weighted by Gasteiger charge is 2.25. The molecule has 0 bridgehead atoms. The van der Waals surface area contributed by atoms with Crippen LogP contribution in [0.1, 0.15) is 54.6 Å². The molecule has 31 heavy (non-hydrogen) atoms. The molecule has 1 aliphatic heterocycles. The lowest BCUT2D eigenvalue weighted by Gasteiger charge is -2.27. The zero-order chi connectivity index (χ0) is 22.0. The second-order valence-electron chi connectivity index (χ2n) is 7.87. The molecule has 160 valence electrons. The zero-order valence-corrected chi connectivity index (χ0v) is 18.8. The fourth-order valence-electron chi connectivity index (χ4n) is 3.74. The highest BCUT2D eigenvalue weighted by atomic mass is 32.1. The van der Waals surface area contributed by atoms with Gasteiger partial charge in [-0.1, -0.05) is 29.8 Å². The molecular formula is C25H26N2O3S. The van der Waals surface area contributed by atoms with E-state index < -0.39 is 0 Å². The van der Waals surface area contributed by atoms with Crippen LogP contribution in [-0.2, 0) is 13.0 Å². The van der Waals surface area contributed by atoms with Crippen molar-refractivity contribution in [3.63, 3.8) is 0 Å². The number of carbonyl (C=O) groups is 2. The van der Waals surface area contributed by atoms with E-state index in [0.717, 1.165) is 28.9 Å². The minimum Gasteiger partial charge on any atom is -0.497 e. The number of nitrogens with zero attached hydrogens (tertiary/aromatic N) is 1. The van der Waals surface area contributed by atoms with Gasteiger partial charge in [-0.2, -0.15) is 0 Å². The number of methoxy groups -OCH3 is 1. The Morgan fingerprint density at radius 2 is 1.81 bits per heavy atom. The molecule has 1 atom stereocenters. The number of fused-ring (bicyclic) bond motifs is 1. The Hall–Kier alpha value is -3.12. The molecule has 4 rings (SSSR count). The van der Waals surface area contributed by atoms with E-state index in [9.17, 15) is 9.59 Å². The van der Waals surface area contributed by atoms with Crippen molar-refractivity contribution in [2.24, 2.45) is 0 Å². The van der Waals surface area contributed by atoms with Crippen molar-refractivity contribution in [1.82, 2.24) is 10.2 Å². The van der Waals surface area contributed by atoms with E-state index in [4.69, 9.17) is 4.74 Å². The van der Waals surface area contributed by atoms with Crippen LogP contribution in [0.15, 0.2) is 54.6 Å². The Morgan fingerprint density at radius 3 is 2.48 bits per heavy atom. The molecule has 1 aromatic heterocycles. The maximum absolute atomic E-state index is 12.9. The van der Waals surface area contributed by atoms with Gasteiger partial charge >= 0.3 is 0 Å². The number of hydrogen-bond donors (Lipinski definition) is 1. The highest BCUT2D eigenvalue weighted by Crippen LogP contribution is 2.29. The van der Waals surface area contributed by atoms with E-state index in [1.807, 2.05) is 73.3 Å². The van der Waals surface area contributed by atoms with E-state index in [2.05, 4.69) is 5.32 Å². The molecule has 0 radical (unpaired) electrons. The van der Waals surface area contributed by atoms with Crippen LogP contribution in [0.25, 0.3) is 0 Å². The van der Waals surface area contributed by atoms with Gasteiger partial charge in [-0.3, -0.25) is 9.59 Å². The van der Waals surface area contributed by atoms with Crippen LogP contribution in [0.2, 0.25) is 0 Å². The molecule has 0 fully saturated rings. The Labute approximate surface area is 186 Å². The first-order chi connectivity index (χ1) is 14.9. The summed E-state index contributed by atoms with van der Waals surface area (Å²) in [6.45, 7) is 5.19. The predicted octanol–water partition coefficient (Wildman–Crippen LogP) is 4.75. The molecule has 1 N–H and O–H groups in total. The van der Waals surface area contributed by atoms with Gasteiger partial charge in [0.05, 0.1) is 18.0 Å². The number of ether oxygens (including phenoxy) is 1. The minimum absolute atomic E-state index is 0.0379. The fraction of sp³-hybridized carbons (Fsp3) is 0.280. The lowest BCUT2D eigenvalue weighted by atomic mass is 10.1. The van der Waals surface area contributed by atoms with Gasteiger partial charge in [-0.25, -0.2) is 0 Å². The summed E-state index contributed by atoms with van der Waals surface area (Å²) in [6, 6.07) is 17.2. The quantitative estimate of drug-likeness (QED) is 0.630. The summed E-state index contributed by atoms with van der Waals surface area (Å²) in [5, 5.41) is 3.07. The van der Waals surface area contributed by atoms with Gasteiger partial charge in [0, 0.05) is 23.5 Å². The second-order valence-corrected chi connectivity index (χ2v) is 9.01. The summed E-state index contributed by atoms with van der Waals surface area (Å²) in [7, 11) is 1.63. The van der Waals surface area contributed by atoms with E-state index >= 15 is 0 Å². The van der Waals surface area contributed by atoms with Gasteiger partial charge in [-0.05, 0) is 61.7 Å². The van der Waals surface area contributed by atoms with E-state index in [-0.39, 0.29) is 17.9 Å². The lowest BCUT2D eigenvalue weighted by molar-refractivity contribution is 0.0736. The molecule has 0 aliphatic carbocycles. The molecule has 2 aromatic carbocycles. The zero-order valence-electron chi connectivity index (χ0n) is 18.0. The van der Waals surface area contributed by atoms with Gasteiger partial charge in [-0.15, -0.1) is 11.3 Å². The Morgan fingerprint density at radius 1 is 1.10 bits per heavy atom. The van der Waals surface area contributed by atoms with Crippen molar-refractivity contribution < 1.29 is 14.3 Å². The average molecular weight is 435 g/mol. The van der Waals surface area contributed by atoms with Crippen LogP contribution in [0.4, 0.5) is 0 Å². The summed E-state index contributed by atoms with van der Waals surface area (Å²) in [4.78, 5) is 29.4. The maximum atomic E-state index is 12.9. The first-order valence-corrected chi connectivity index (χ1v) is 11.2. The average Bonchev–Trinajstić information content (AvgIpc) is 3.23. The largest absolute Gasteiger partial charge is 0.497 e. The van der Waals surface area contributed by atoms with Crippen LogP contribution in [0.5, 0.6) is 5.75 Å². The van der Waals surface area contributed by atoms with Crippen molar-refractivity contribution in [2.45, 2.75) is 32.9 Å². The number of amides is 2. The number of nitrogens with one attached hydrogen (secondary N) is 1. The molecule has 1 aliphatic rings.